The van der Waals surface area contributed by atoms with Gasteiger partial charge in [-0.3, -0.25) is 4.79 Å². The van der Waals surface area contributed by atoms with E-state index in [1.54, 1.807) is 35.2 Å². The zero-order valence-electron chi connectivity index (χ0n) is 16.2. The summed E-state index contributed by atoms with van der Waals surface area (Å²) in [6.45, 7) is 5.17. The van der Waals surface area contributed by atoms with Gasteiger partial charge in [0.2, 0.25) is 10.0 Å². The molecule has 0 spiro atoms. The molecule has 0 aliphatic carbocycles. The largest absolute Gasteiger partial charge is 0.481 e. The van der Waals surface area contributed by atoms with E-state index in [9.17, 15) is 13.2 Å². The molecule has 3 rings (SSSR count). The predicted octanol–water partition coefficient (Wildman–Crippen LogP) is 2.69. The standard InChI is InChI=1S/C21H26N2O4S/c1-3-20(27-18-9-7-8-17(2)16-18)21(24)22-12-14-23(15-13-22)28(25,26)19-10-5-4-6-11-19/h4-11,16,20H,3,12-15H2,1-2H3/t20-/m0/s1. The first-order valence-electron chi connectivity index (χ1n) is 9.49. The van der Waals surface area contributed by atoms with Gasteiger partial charge in [-0.1, -0.05) is 37.3 Å². The first-order valence-corrected chi connectivity index (χ1v) is 10.9. The summed E-state index contributed by atoms with van der Waals surface area (Å²) >= 11 is 0. The fourth-order valence-corrected chi connectivity index (χ4v) is 4.70. The van der Waals surface area contributed by atoms with Gasteiger partial charge in [0.05, 0.1) is 4.90 Å². The van der Waals surface area contributed by atoms with E-state index in [0.717, 1.165) is 5.56 Å². The quantitative estimate of drug-likeness (QED) is 0.745. The minimum atomic E-state index is -3.53. The Balaban J connectivity index is 1.62. The topological polar surface area (TPSA) is 66.9 Å². The fraction of sp³-hybridized carbons (Fsp3) is 0.381. The summed E-state index contributed by atoms with van der Waals surface area (Å²) in [4.78, 5) is 14.9. The maximum Gasteiger partial charge on any atom is 0.263 e. The minimum absolute atomic E-state index is 0.0965. The van der Waals surface area contributed by atoms with Crippen molar-refractivity contribution in [3.8, 4) is 5.75 Å². The van der Waals surface area contributed by atoms with Crippen LogP contribution in [0, 0.1) is 6.92 Å². The summed E-state index contributed by atoms with van der Waals surface area (Å²) in [7, 11) is -3.53. The molecule has 7 heteroatoms. The van der Waals surface area contributed by atoms with Gasteiger partial charge in [-0.15, -0.1) is 0 Å². The van der Waals surface area contributed by atoms with Crippen molar-refractivity contribution < 1.29 is 17.9 Å². The van der Waals surface area contributed by atoms with Gasteiger partial charge in [-0.25, -0.2) is 8.42 Å². The van der Waals surface area contributed by atoms with Gasteiger partial charge in [0.15, 0.2) is 6.10 Å². The van der Waals surface area contributed by atoms with E-state index >= 15 is 0 Å². The molecule has 2 aromatic carbocycles. The fourth-order valence-electron chi connectivity index (χ4n) is 3.26. The molecular formula is C21H26N2O4S. The minimum Gasteiger partial charge on any atom is -0.481 e. The van der Waals surface area contributed by atoms with Crippen LogP contribution in [-0.2, 0) is 14.8 Å². The molecule has 0 aromatic heterocycles. The van der Waals surface area contributed by atoms with Crippen LogP contribution in [0.3, 0.4) is 0 Å². The molecule has 0 N–H and O–H groups in total. The molecule has 0 unspecified atom stereocenters. The number of hydrogen-bond donors (Lipinski definition) is 0. The molecule has 1 aliphatic rings. The second-order valence-corrected chi connectivity index (χ2v) is 8.81. The van der Waals surface area contributed by atoms with Crippen molar-refractivity contribution in [1.29, 1.82) is 0 Å². The van der Waals surface area contributed by atoms with Crippen LogP contribution in [0.4, 0.5) is 0 Å². The summed E-state index contributed by atoms with van der Waals surface area (Å²) < 4.78 is 32.8. The Labute approximate surface area is 166 Å². The van der Waals surface area contributed by atoms with Crippen molar-refractivity contribution in [2.75, 3.05) is 26.2 Å². The van der Waals surface area contributed by atoms with Gasteiger partial charge in [0.1, 0.15) is 5.75 Å². The lowest BCUT2D eigenvalue weighted by Gasteiger charge is -2.35. The number of carbonyl (C=O) groups is 1. The number of ether oxygens (including phenoxy) is 1. The van der Waals surface area contributed by atoms with Crippen molar-refractivity contribution >= 4 is 15.9 Å². The number of aryl methyl sites for hydroxylation is 1. The van der Waals surface area contributed by atoms with Crippen molar-refractivity contribution in [3.63, 3.8) is 0 Å². The highest BCUT2D eigenvalue weighted by molar-refractivity contribution is 7.89. The van der Waals surface area contributed by atoms with Crippen LogP contribution in [0.15, 0.2) is 59.5 Å². The van der Waals surface area contributed by atoms with Crippen LogP contribution in [-0.4, -0.2) is 55.8 Å². The van der Waals surface area contributed by atoms with E-state index in [0.29, 0.717) is 25.3 Å². The number of nitrogens with zero attached hydrogens (tertiary/aromatic N) is 2. The summed E-state index contributed by atoms with van der Waals surface area (Å²) in [5.74, 6) is 0.575. The molecular weight excluding hydrogens is 376 g/mol. The van der Waals surface area contributed by atoms with Crippen molar-refractivity contribution in [1.82, 2.24) is 9.21 Å². The van der Waals surface area contributed by atoms with E-state index in [2.05, 4.69) is 0 Å². The van der Waals surface area contributed by atoms with E-state index in [1.165, 1.54) is 4.31 Å². The van der Waals surface area contributed by atoms with Gasteiger partial charge in [0, 0.05) is 26.2 Å². The Bertz CT molecular complexity index is 907. The van der Waals surface area contributed by atoms with Crippen LogP contribution in [0.25, 0.3) is 0 Å². The zero-order valence-corrected chi connectivity index (χ0v) is 17.1. The van der Waals surface area contributed by atoms with Crippen molar-refractivity contribution in [2.45, 2.75) is 31.3 Å². The summed E-state index contributed by atoms with van der Waals surface area (Å²) in [6, 6.07) is 16.0. The zero-order chi connectivity index (χ0) is 20.1. The highest BCUT2D eigenvalue weighted by Crippen LogP contribution is 2.20. The molecule has 6 nitrogen and oxygen atoms in total. The molecule has 1 heterocycles. The maximum atomic E-state index is 12.9. The number of carbonyl (C=O) groups excluding carboxylic acids is 1. The third kappa shape index (κ3) is 4.54. The second-order valence-electron chi connectivity index (χ2n) is 6.87. The van der Waals surface area contributed by atoms with Crippen LogP contribution in [0.1, 0.15) is 18.9 Å². The molecule has 150 valence electrons. The van der Waals surface area contributed by atoms with Crippen molar-refractivity contribution in [2.24, 2.45) is 0 Å². The van der Waals surface area contributed by atoms with Gasteiger partial charge >= 0.3 is 0 Å². The van der Waals surface area contributed by atoms with E-state index < -0.39 is 16.1 Å². The van der Waals surface area contributed by atoms with Crippen LogP contribution in [0.2, 0.25) is 0 Å². The molecule has 1 fully saturated rings. The molecule has 0 radical (unpaired) electrons. The molecule has 0 bridgehead atoms. The third-order valence-electron chi connectivity index (χ3n) is 4.85. The lowest BCUT2D eigenvalue weighted by atomic mass is 10.2. The molecule has 1 atom stereocenters. The SMILES string of the molecule is CC[C@H](Oc1cccc(C)c1)C(=O)N1CCN(S(=O)(=O)c2ccccc2)CC1. The Kier molecular flexibility index (Phi) is 6.36. The summed E-state index contributed by atoms with van der Waals surface area (Å²) in [5, 5.41) is 0. The Morgan fingerprint density at radius 3 is 2.32 bits per heavy atom. The summed E-state index contributed by atoms with van der Waals surface area (Å²) in [6.07, 6.45) is -0.0194. The highest BCUT2D eigenvalue weighted by atomic mass is 32.2. The molecule has 0 saturated carbocycles. The average Bonchev–Trinajstić information content (AvgIpc) is 2.72. The third-order valence-corrected chi connectivity index (χ3v) is 6.76. The number of benzene rings is 2. The van der Waals surface area contributed by atoms with Crippen LogP contribution < -0.4 is 4.74 Å². The smallest absolute Gasteiger partial charge is 0.263 e. The van der Waals surface area contributed by atoms with E-state index in [4.69, 9.17) is 4.74 Å². The predicted molar refractivity (Wildman–Crippen MR) is 108 cm³/mol. The number of hydrogen-bond acceptors (Lipinski definition) is 4. The average molecular weight is 403 g/mol. The summed E-state index contributed by atoms with van der Waals surface area (Å²) in [5.41, 5.74) is 1.07. The Hall–Kier alpha value is -2.38. The van der Waals surface area contributed by atoms with Gasteiger partial charge in [-0.05, 0) is 43.2 Å². The van der Waals surface area contributed by atoms with E-state index in [1.807, 2.05) is 38.1 Å². The Morgan fingerprint density at radius 2 is 1.71 bits per heavy atom. The monoisotopic (exact) mass is 402 g/mol. The lowest BCUT2D eigenvalue weighted by Crippen LogP contribution is -2.53. The molecule has 1 saturated heterocycles. The molecule has 28 heavy (non-hydrogen) atoms. The Morgan fingerprint density at radius 1 is 1.04 bits per heavy atom. The first-order chi connectivity index (χ1) is 13.4. The number of sulfonamides is 1. The number of piperazine rings is 1. The molecule has 2 aromatic rings. The lowest BCUT2D eigenvalue weighted by molar-refractivity contribution is -0.140. The maximum absolute atomic E-state index is 12.9. The molecule has 1 aliphatic heterocycles. The first kappa shape index (κ1) is 20.4. The second kappa shape index (κ2) is 8.75. The van der Waals surface area contributed by atoms with Crippen LogP contribution >= 0.6 is 0 Å². The molecule has 1 amide bonds. The van der Waals surface area contributed by atoms with Gasteiger partial charge in [0.25, 0.3) is 5.91 Å². The highest BCUT2D eigenvalue weighted by Gasteiger charge is 2.32. The van der Waals surface area contributed by atoms with Crippen LogP contribution in [0.5, 0.6) is 5.75 Å². The normalized spacial score (nSPS) is 16.6. The van der Waals surface area contributed by atoms with Gasteiger partial charge < -0.3 is 9.64 Å². The number of rotatable bonds is 6. The van der Waals surface area contributed by atoms with E-state index in [-0.39, 0.29) is 23.9 Å². The van der Waals surface area contributed by atoms with Gasteiger partial charge in [-0.2, -0.15) is 4.31 Å². The van der Waals surface area contributed by atoms with Crippen molar-refractivity contribution in [3.05, 3.63) is 60.2 Å². The number of amides is 1.